The molecule has 28 heavy (non-hydrogen) atoms. The van der Waals surface area contributed by atoms with Gasteiger partial charge in [-0.1, -0.05) is 6.07 Å². The maximum Gasteiger partial charge on any atom is 0.340 e. The van der Waals surface area contributed by atoms with E-state index < -0.39 is 18.0 Å². The molecule has 7 heteroatoms. The number of aryl methyl sites for hydroxylation is 2. The molecule has 0 radical (unpaired) electrons. The monoisotopic (exact) mass is 387 g/mol. The van der Waals surface area contributed by atoms with Gasteiger partial charge in [-0.3, -0.25) is 4.79 Å². The Morgan fingerprint density at radius 3 is 2.14 bits per heavy atom. The summed E-state index contributed by atoms with van der Waals surface area (Å²) in [6, 6.07) is 8.57. The molecule has 0 aromatic heterocycles. The van der Waals surface area contributed by atoms with Crippen molar-refractivity contribution >= 4 is 17.6 Å². The van der Waals surface area contributed by atoms with Gasteiger partial charge < -0.3 is 24.3 Å². The van der Waals surface area contributed by atoms with Crippen LogP contribution >= 0.6 is 0 Å². The largest absolute Gasteiger partial charge is 0.493 e. The second-order valence-corrected chi connectivity index (χ2v) is 6.24. The third-order valence-electron chi connectivity index (χ3n) is 4.35. The lowest BCUT2D eigenvalue weighted by Crippen LogP contribution is -2.30. The Bertz CT molecular complexity index is 877. The Balaban J connectivity index is 2.25. The molecule has 2 rings (SSSR count). The zero-order chi connectivity index (χ0) is 20.8. The van der Waals surface area contributed by atoms with E-state index in [0.717, 1.165) is 11.1 Å². The van der Waals surface area contributed by atoms with Gasteiger partial charge in [0, 0.05) is 12.1 Å². The molecule has 0 aliphatic rings. The lowest BCUT2D eigenvalue weighted by atomic mass is 10.1. The number of ether oxygens (including phenoxy) is 4. The minimum absolute atomic E-state index is 0.145. The standard InChI is InChI=1S/C21H25NO6/c1-12-7-8-15(9-13(12)2)28-14(3)20(23)22-17-11-19(26-5)18(25-4)10-16(17)21(24)27-6/h7-11,14H,1-6H3,(H,22,23)/t14-/m0/s1. The molecule has 7 nitrogen and oxygen atoms in total. The highest BCUT2D eigenvalue weighted by Crippen LogP contribution is 2.34. The Morgan fingerprint density at radius 2 is 1.57 bits per heavy atom. The van der Waals surface area contributed by atoms with Gasteiger partial charge in [0.2, 0.25) is 0 Å². The van der Waals surface area contributed by atoms with Crippen LogP contribution in [0.5, 0.6) is 17.2 Å². The average molecular weight is 387 g/mol. The molecule has 0 bridgehead atoms. The summed E-state index contributed by atoms with van der Waals surface area (Å²) < 4.78 is 21.0. The van der Waals surface area contributed by atoms with Gasteiger partial charge in [-0.2, -0.15) is 0 Å². The first-order valence-corrected chi connectivity index (χ1v) is 8.69. The van der Waals surface area contributed by atoms with Crippen molar-refractivity contribution in [1.29, 1.82) is 0 Å². The van der Waals surface area contributed by atoms with Crippen molar-refractivity contribution in [2.45, 2.75) is 26.9 Å². The van der Waals surface area contributed by atoms with Crippen molar-refractivity contribution in [3.63, 3.8) is 0 Å². The van der Waals surface area contributed by atoms with Gasteiger partial charge in [-0.15, -0.1) is 0 Å². The van der Waals surface area contributed by atoms with Crippen LogP contribution in [0.1, 0.15) is 28.4 Å². The number of benzene rings is 2. The fourth-order valence-corrected chi connectivity index (χ4v) is 2.54. The third-order valence-corrected chi connectivity index (χ3v) is 4.35. The number of esters is 1. The molecule has 2 aromatic rings. The second-order valence-electron chi connectivity index (χ2n) is 6.24. The Hall–Kier alpha value is -3.22. The molecule has 0 aliphatic carbocycles. The van der Waals surface area contributed by atoms with Gasteiger partial charge in [-0.25, -0.2) is 4.79 Å². The van der Waals surface area contributed by atoms with Crippen molar-refractivity contribution in [3.8, 4) is 17.2 Å². The molecular formula is C21H25NO6. The molecule has 150 valence electrons. The summed E-state index contributed by atoms with van der Waals surface area (Å²) in [4.78, 5) is 24.7. The normalized spacial score (nSPS) is 11.4. The zero-order valence-corrected chi connectivity index (χ0v) is 16.9. The predicted octanol–water partition coefficient (Wildman–Crippen LogP) is 3.51. The number of carbonyl (C=O) groups is 2. The summed E-state index contributed by atoms with van der Waals surface area (Å²) in [6.07, 6.45) is -0.791. The van der Waals surface area contributed by atoms with E-state index in [0.29, 0.717) is 17.2 Å². The summed E-state index contributed by atoms with van der Waals surface area (Å²) in [5.41, 5.74) is 2.59. The highest BCUT2D eigenvalue weighted by molar-refractivity contribution is 6.03. The summed E-state index contributed by atoms with van der Waals surface area (Å²) in [6.45, 7) is 5.60. The average Bonchev–Trinajstić information content (AvgIpc) is 2.69. The Labute approximate surface area is 164 Å². The smallest absolute Gasteiger partial charge is 0.340 e. The van der Waals surface area contributed by atoms with E-state index in [1.54, 1.807) is 6.92 Å². The van der Waals surface area contributed by atoms with Crippen LogP contribution in [0.4, 0.5) is 5.69 Å². The Morgan fingerprint density at radius 1 is 0.929 bits per heavy atom. The summed E-state index contributed by atoms with van der Waals surface area (Å²) in [5.74, 6) is 0.273. The van der Waals surface area contributed by atoms with Crippen LogP contribution in [0.25, 0.3) is 0 Å². The predicted molar refractivity (Wildman–Crippen MR) is 106 cm³/mol. The topological polar surface area (TPSA) is 83.1 Å². The van der Waals surface area contributed by atoms with Crippen LogP contribution in [0.2, 0.25) is 0 Å². The first kappa shape index (κ1) is 21.1. The lowest BCUT2D eigenvalue weighted by Gasteiger charge is -2.18. The molecule has 0 saturated carbocycles. The molecule has 0 unspecified atom stereocenters. The number of methoxy groups -OCH3 is 3. The highest BCUT2D eigenvalue weighted by Gasteiger charge is 2.22. The Kier molecular flexibility index (Phi) is 6.87. The molecule has 0 saturated heterocycles. The van der Waals surface area contributed by atoms with Gasteiger partial charge in [0.1, 0.15) is 5.75 Å². The molecule has 0 aliphatic heterocycles. The van der Waals surface area contributed by atoms with Crippen molar-refractivity contribution < 1.29 is 28.5 Å². The molecule has 0 heterocycles. The summed E-state index contributed by atoms with van der Waals surface area (Å²) in [7, 11) is 4.18. The minimum atomic E-state index is -0.791. The van der Waals surface area contributed by atoms with Gasteiger partial charge in [-0.05, 0) is 44.0 Å². The molecule has 2 aromatic carbocycles. The number of carbonyl (C=O) groups excluding carboxylic acids is 2. The molecule has 1 atom stereocenters. The first-order valence-electron chi connectivity index (χ1n) is 8.69. The number of hydrogen-bond donors (Lipinski definition) is 1. The zero-order valence-electron chi connectivity index (χ0n) is 16.9. The van der Waals surface area contributed by atoms with E-state index in [1.807, 2.05) is 32.0 Å². The SMILES string of the molecule is COC(=O)c1cc(OC)c(OC)cc1NC(=O)[C@H](C)Oc1ccc(C)c(C)c1. The van der Waals surface area contributed by atoms with Crippen LogP contribution in [-0.2, 0) is 9.53 Å². The highest BCUT2D eigenvalue weighted by atomic mass is 16.5. The fraction of sp³-hybridized carbons (Fsp3) is 0.333. The third kappa shape index (κ3) is 4.73. The van der Waals surface area contributed by atoms with E-state index in [4.69, 9.17) is 18.9 Å². The number of amides is 1. The summed E-state index contributed by atoms with van der Waals surface area (Å²) >= 11 is 0. The number of anilines is 1. The van der Waals surface area contributed by atoms with Crippen LogP contribution in [0.15, 0.2) is 30.3 Å². The fourth-order valence-electron chi connectivity index (χ4n) is 2.54. The van der Waals surface area contributed by atoms with Gasteiger partial charge in [0.05, 0.1) is 32.6 Å². The minimum Gasteiger partial charge on any atom is -0.493 e. The van der Waals surface area contributed by atoms with Crippen LogP contribution in [0.3, 0.4) is 0 Å². The molecule has 0 fully saturated rings. The first-order chi connectivity index (χ1) is 13.3. The quantitative estimate of drug-likeness (QED) is 0.732. The molecule has 0 spiro atoms. The van der Waals surface area contributed by atoms with Crippen molar-refractivity contribution in [2.75, 3.05) is 26.6 Å². The van der Waals surface area contributed by atoms with Crippen molar-refractivity contribution in [2.24, 2.45) is 0 Å². The maximum absolute atomic E-state index is 12.6. The van der Waals surface area contributed by atoms with E-state index in [1.165, 1.54) is 33.5 Å². The van der Waals surface area contributed by atoms with E-state index >= 15 is 0 Å². The van der Waals surface area contributed by atoms with Crippen LogP contribution in [-0.4, -0.2) is 39.3 Å². The van der Waals surface area contributed by atoms with E-state index in [9.17, 15) is 9.59 Å². The van der Waals surface area contributed by atoms with Gasteiger partial charge >= 0.3 is 5.97 Å². The maximum atomic E-state index is 12.6. The van der Waals surface area contributed by atoms with Crippen LogP contribution in [0, 0.1) is 13.8 Å². The number of nitrogens with one attached hydrogen (secondary N) is 1. The summed E-state index contributed by atoms with van der Waals surface area (Å²) in [5, 5.41) is 2.70. The van der Waals surface area contributed by atoms with Gasteiger partial charge in [0.15, 0.2) is 17.6 Å². The molecular weight excluding hydrogens is 362 g/mol. The van der Waals surface area contributed by atoms with E-state index in [2.05, 4.69) is 5.32 Å². The number of hydrogen-bond acceptors (Lipinski definition) is 6. The lowest BCUT2D eigenvalue weighted by molar-refractivity contribution is -0.122. The molecule has 1 amide bonds. The number of rotatable bonds is 7. The second kappa shape index (κ2) is 9.12. The van der Waals surface area contributed by atoms with Crippen molar-refractivity contribution in [3.05, 3.63) is 47.0 Å². The van der Waals surface area contributed by atoms with Gasteiger partial charge in [0.25, 0.3) is 5.91 Å². The molecule has 1 N–H and O–H groups in total. The van der Waals surface area contributed by atoms with Crippen molar-refractivity contribution in [1.82, 2.24) is 0 Å². The van der Waals surface area contributed by atoms with E-state index in [-0.39, 0.29) is 11.3 Å². The van der Waals surface area contributed by atoms with Crippen LogP contribution < -0.4 is 19.5 Å².